The molecule has 120 valence electrons. The molecule has 23 heavy (non-hydrogen) atoms. The van der Waals surface area contributed by atoms with Crippen molar-refractivity contribution < 1.29 is 18.7 Å². The van der Waals surface area contributed by atoms with Gasteiger partial charge in [-0.05, 0) is 37.3 Å². The van der Waals surface area contributed by atoms with E-state index >= 15 is 0 Å². The minimum absolute atomic E-state index is 0.115. The summed E-state index contributed by atoms with van der Waals surface area (Å²) in [5.41, 5.74) is -0.464. The van der Waals surface area contributed by atoms with Crippen molar-refractivity contribution in [1.82, 2.24) is 10.2 Å². The number of hydrogen-bond acceptors (Lipinski definition) is 4. The van der Waals surface area contributed by atoms with Crippen LogP contribution in [0.4, 0.5) is 4.79 Å². The maximum absolute atomic E-state index is 12.8. The Bertz CT molecular complexity index is 759. The Morgan fingerprint density at radius 3 is 2.78 bits per heavy atom. The third-order valence-electron chi connectivity index (χ3n) is 3.86. The van der Waals surface area contributed by atoms with Crippen LogP contribution in [0.25, 0.3) is 0 Å². The second-order valence-corrected chi connectivity index (χ2v) is 6.30. The monoisotopic (exact) mass is 378 g/mol. The topological polar surface area (TPSA) is 71.8 Å². The molecule has 3 amide bonds. The fourth-order valence-electron chi connectivity index (χ4n) is 2.61. The van der Waals surface area contributed by atoms with E-state index < -0.39 is 11.6 Å². The van der Waals surface area contributed by atoms with Crippen LogP contribution < -0.4 is 10.1 Å². The zero-order valence-electron chi connectivity index (χ0n) is 12.6. The molecule has 1 N–H and O–H groups in total. The Morgan fingerprint density at radius 1 is 1.35 bits per heavy atom. The van der Waals surface area contributed by atoms with E-state index in [1.54, 1.807) is 32.2 Å². The lowest BCUT2D eigenvalue weighted by Crippen LogP contribution is -2.40. The van der Waals surface area contributed by atoms with Crippen molar-refractivity contribution in [3.05, 3.63) is 52.4 Å². The molecule has 6 nitrogen and oxygen atoms in total. The van der Waals surface area contributed by atoms with Gasteiger partial charge in [0.15, 0.2) is 5.54 Å². The number of amides is 3. The normalized spacial score (nSPS) is 20.7. The number of carbonyl (C=O) groups excluding carboxylic acids is 2. The van der Waals surface area contributed by atoms with Crippen molar-refractivity contribution in [2.45, 2.75) is 19.0 Å². The highest BCUT2D eigenvalue weighted by molar-refractivity contribution is 9.10. The summed E-state index contributed by atoms with van der Waals surface area (Å²) in [6.45, 7) is 1.74. The fraction of sp³-hybridized carbons (Fsp3) is 0.250. The summed E-state index contributed by atoms with van der Waals surface area (Å²) in [5.74, 6) is 0.652. The van der Waals surface area contributed by atoms with Gasteiger partial charge < -0.3 is 14.5 Å². The molecule has 0 radical (unpaired) electrons. The molecule has 1 aliphatic rings. The molecule has 1 aromatic carbocycles. The van der Waals surface area contributed by atoms with Crippen molar-refractivity contribution in [3.8, 4) is 5.75 Å². The van der Waals surface area contributed by atoms with E-state index in [0.717, 1.165) is 14.9 Å². The number of benzene rings is 1. The molecule has 2 heterocycles. The number of furan rings is 1. The number of carbonyl (C=O) groups is 2. The van der Waals surface area contributed by atoms with Crippen LogP contribution in [-0.2, 0) is 16.9 Å². The van der Waals surface area contributed by atoms with E-state index in [1.165, 1.54) is 6.26 Å². The number of imide groups is 1. The van der Waals surface area contributed by atoms with Crippen molar-refractivity contribution in [2.24, 2.45) is 0 Å². The predicted molar refractivity (Wildman–Crippen MR) is 85.8 cm³/mol. The van der Waals surface area contributed by atoms with Gasteiger partial charge in [-0.25, -0.2) is 4.79 Å². The lowest BCUT2D eigenvalue weighted by Gasteiger charge is -2.19. The molecule has 7 heteroatoms. The Kier molecular flexibility index (Phi) is 3.89. The molecule has 2 aromatic rings. The van der Waals surface area contributed by atoms with E-state index in [1.807, 2.05) is 12.1 Å². The molecular weight excluding hydrogens is 364 g/mol. The van der Waals surface area contributed by atoms with E-state index in [-0.39, 0.29) is 12.5 Å². The Morgan fingerprint density at radius 2 is 2.13 bits per heavy atom. The number of nitrogens with zero attached hydrogens (tertiary/aromatic N) is 1. The third kappa shape index (κ3) is 2.61. The summed E-state index contributed by atoms with van der Waals surface area (Å²) in [4.78, 5) is 26.2. The summed E-state index contributed by atoms with van der Waals surface area (Å²) < 4.78 is 11.4. The minimum atomic E-state index is -1.19. The highest BCUT2D eigenvalue weighted by Gasteiger charge is 2.51. The van der Waals surface area contributed by atoms with Crippen molar-refractivity contribution in [3.63, 3.8) is 0 Å². The average Bonchev–Trinajstić information content (AvgIpc) is 3.12. The van der Waals surface area contributed by atoms with Crippen LogP contribution in [0.1, 0.15) is 18.2 Å². The molecule has 0 bridgehead atoms. The Labute approximate surface area is 141 Å². The van der Waals surface area contributed by atoms with Gasteiger partial charge in [-0.1, -0.05) is 15.9 Å². The molecular formula is C16H15BrN2O4. The summed E-state index contributed by atoms with van der Waals surface area (Å²) in [5, 5.41) is 2.70. The van der Waals surface area contributed by atoms with Gasteiger partial charge in [-0.3, -0.25) is 9.69 Å². The number of halogens is 1. The summed E-state index contributed by atoms with van der Waals surface area (Å²) in [7, 11) is 1.55. The first-order valence-corrected chi connectivity index (χ1v) is 7.75. The highest BCUT2D eigenvalue weighted by Crippen LogP contribution is 2.32. The van der Waals surface area contributed by atoms with Crippen LogP contribution in [0.3, 0.4) is 0 Å². The second kappa shape index (κ2) is 5.73. The van der Waals surface area contributed by atoms with Crippen LogP contribution in [0, 0.1) is 0 Å². The summed E-state index contributed by atoms with van der Waals surface area (Å²) >= 11 is 3.38. The van der Waals surface area contributed by atoms with Crippen LogP contribution >= 0.6 is 15.9 Å². The summed E-state index contributed by atoms with van der Waals surface area (Å²) in [6.07, 6.45) is 1.47. The quantitative estimate of drug-likeness (QED) is 0.830. The predicted octanol–water partition coefficient (Wildman–Crippen LogP) is 3.02. The SMILES string of the molecule is COc1ccc(Br)cc1CN1C(=O)NC(C)(c2ccco2)C1=O. The van der Waals surface area contributed by atoms with Gasteiger partial charge in [-0.15, -0.1) is 0 Å². The van der Waals surface area contributed by atoms with Crippen LogP contribution in [0.15, 0.2) is 45.5 Å². The minimum Gasteiger partial charge on any atom is -0.496 e. The lowest BCUT2D eigenvalue weighted by molar-refractivity contribution is -0.132. The molecule has 1 unspecified atom stereocenters. The maximum Gasteiger partial charge on any atom is 0.325 e. The number of methoxy groups -OCH3 is 1. The Hall–Kier alpha value is -2.28. The van der Waals surface area contributed by atoms with Crippen LogP contribution in [0.2, 0.25) is 0 Å². The molecule has 0 spiro atoms. The number of urea groups is 1. The van der Waals surface area contributed by atoms with Crippen LogP contribution in [-0.4, -0.2) is 23.9 Å². The van der Waals surface area contributed by atoms with Crippen molar-refractivity contribution in [1.29, 1.82) is 0 Å². The number of rotatable bonds is 4. The third-order valence-corrected chi connectivity index (χ3v) is 4.35. The van der Waals surface area contributed by atoms with E-state index in [9.17, 15) is 9.59 Å². The molecule has 1 aliphatic heterocycles. The van der Waals surface area contributed by atoms with E-state index in [4.69, 9.17) is 9.15 Å². The standard InChI is InChI=1S/C16H15BrN2O4/c1-16(13-4-3-7-23-13)14(20)19(15(21)18-16)9-10-8-11(17)5-6-12(10)22-2/h3-8H,9H2,1-2H3,(H,18,21). The number of hydrogen-bond donors (Lipinski definition) is 1. The zero-order chi connectivity index (χ0) is 16.6. The molecule has 1 atom stereocenters. The smallest absolute Gasteiger partial charge is 0.325 e. The first-order chi connectivity index (χ1) is 11.0. The highest BCUT2D eigenvalue weighted by atomic mass is 79.9. The molecule has 0 saturated carbocycles. The number of ether oxygens (including phenoxy) is 1. The molecule has 0 aliphatic carbocycles. The first-order valence-electron chi connectivity index (χ1n) is 6.96. The van der Waals surface area contributed by atoms with Gasteiger partial charge in [0.2, 0.25) is 0 Å². The average molecular weight is 379 g/mol. The van der Waals surface area contributed by atoms with Gasteiger partial charge in [0.25, 0.3) is 5.91 Å². The Balaban J connectivity index is 1.91. The molecule has 1 fully saturated rings. The van der Waals surface area contributed by atoms with Crippen molar-refractivity contribution in [2.75, 3.05) is 7.11 Å². The van der Waals surface area contributed by atoms with Gasteiger partial charge in [-0.2, -0.15) is 0 Å². The summed E-state index contributed by atoms with van der Waals surface area (Å²) in [6, 6.07) is 8.32. The van der Waals surface area contributed by atoms with Crippen LogP contribution in [0.5, 0.6) is 5.75 Å². The maximum atomic E-state index is 12.8. The fourth-order valence-corrected chi connectivity index (χ4v) is 3.02. The first kappa shape index (κ1) is 15.6. The largest absolute Gasteiger partial charge is 0.496 e. The van der Waals surface area contributed by atoms with Gasteiger partial charge in [0, 0.05) is 10.0 Å². The van der Waals surface area contributed by atoms with Gasteiger partial charge >= 0.3 is 6.03 Å². The van der Waals surface area contributed by atoms with Gasteiger partial charge in [0.1, 0.15) is 11.5 Å². The molecule has 1 aromatic heterocycles. The van der Waals surface area contributed by atoms with E-state index in [0.29, 0.717) is 11.5 Å². The lowest BCUT2D eigenvalue weighted by atomic mass is 9.99. The van der Waals surface area contributed by atoms with E-state index in [2.05, 4.69) is 21.2 Å². The molecule has 1 saturated heterocycles. The second-order valence-electron chi connectivity index (χ2n) is 5.38. The zero-order valence-corrected chi connectivity index (χ0v) is 14.2. The van der Waals surface area contributed by atoms with Crippen molar-refractivity contribution >= 4 is 27.9 Å². The van der Waals surface area contributed by atoms with Gasteiger partial charge in [0.05, 0.1) is 19.9 Å². The molecule has 3 rings (SSSR count). The number of nitrogens with one attached hydrogen (secondary N) is 1.